The van der Waals surface area contributed by atoms with Gasteiger partial charge >= 0.3 is 0 Å². The van der Waals surface area contributed by atoms with E-state index in [1.54, 1.807) is 12.5 Å². The maximum atomic E-state index is 12.9. The molecular formula is C23H34N2O. The monoisotopic (exact) mass is 354 g/mol. The molecule has 1 atom stereocenters. The van der Waals surface area contributed by atoms with Crippen LogP contribution in [-0.4, -0.2) is 15.3 Å². The highest BCUT2D eigenvalue weighted by Crippen LogP contribution is 2.22. The van der Waals surface area contributed by atoms with Crippen molar-refractivity contribution < 1.29 is 4.79 Å². The molecule has 0 fully saturated rings. The Morgan fingerprint density at radius 2 is 1.54 bits per heavy atom. The lowest BCUT2D eigenvalue weighted by atomic mass is 9.98. The molecule has 0 radical (unpaired) electrons. The molecule has 0 saturated heterocycles. The molecule has 0 spiro atoms. The van der Waals surface area contributed by atoms with Crippen molar-refractivity contribution in [2.24, 2.45) is 0 Å². The standard InChI is InChI=1S/C23H34N2O/c1-2-3-4-5-6-7-8-9-10-14-17-22(25-19-18-24-20-25)23(26)21-15-12-11-13-16-21/h11-13,15-16,18-20,22H,2-10,14,17H2,1H3. The van der Waals surface area contributed by atoms with Gasteiger partial charge in [0.1, 0.15) is 0 Å². The van der Waals surface area contributed by atoms with Crippen LogP contribution in [-0.2, 0) is 0 Å². The van der Waals surface area contributed by atoms with Gasteiger partial charge in [-0.25, -0.2) is 4.98 Å². The molecule has 142 valence electrons. The van der Waals surface area contributed by atoms with Crippen LogP contribution in [0.25, 0.3) is 0 Å². The maximum absolute atomic E-state index is 12.9. The minimum atomic E-state index is -0.131. The zero-order valence-corrected chi connectivity index (χ0v) is 16.3. The molecule has 1 aromatic heterocycles. The van der Waals surface area contributed by atoms with Gasteiger partial charge in [0.05, 0.1) is 12.4 Å². The van der Waals surface area contributed by atoms with Crippen LogP contribution in [0.2, 0.25) is 0 Å². The molecule has 0 aliphatic carbocycles. The molecule has 2 rings (SSSR count). The second-order valence-corrected chi connectivity index (χ2v) is 7.23. The fraction of sp³-hybridized carbons (Fsp3) is 0.565. The molecule has 0 bridgehead atoms. The van der Waals surface area contributed by atoms with E-state index in [2.05, 4.69) is 11.9 Å². The molecule has 3 nitrogen and oxygen atoms in total. The number of rotatable bonds is 14. The van der Waals surface area contributed by atoms with Crippen LogP contribution in [0.5, 0.6) is 0 Å². The Morgan fingerprint density at radius 3 is 2.12 bits per heavy atom. The molecule has 1 aromatic carbocycles. The molecule has 0 amide bonds. The SMILES string of the molecule is CCCCCCCCCCCCC(C(=O)c1ccccc1)n1ccnc1. The lowest BCUT2D eigenvalue weighted by Crippen LogP contribution is -2.18. The molecule has 0 aliphatic heterocycles. The van der Waals surface area contributed by atoms with Gasteiger partial charge in [-0.2, -0.15) is 0 Å². The van der Waals surface area contributed by atoms with Crippen LogP contribution in [0.1, 0.15) is 94.0 Å². The van der Waals surface area contributed by atoms with E-state index in [0.29, 0.717) is 0 Å². The number of unbranched alkanes of at least 4 members (excludes halogenated alkanes) is 9. The molecule has 3 heteroatoms. The minimum absolute atomic E-state index is 0.131. The second-order valence-electron chi connectivity index (χ2n) is 7.23. The van der Waals surface area contributed by atoms with E-state index in [-0.39, 0.29) is 11.8 Å². The van der Waals surface area contributed by atoms with Gasteiger partial charge in [0.25, 0.3) is 0 Å². The summed E-state index contributed by atoms with van der Waals surface area (Å²) in [6.07, 6.45) is 19.4. The highest BCUT2D eigenvalue weighted by molar-refractivity contribution is 5.98. The van der Waals surface area contributed by atoms with Gasteiger partial charge < -0.3 is 4.57 Å². The van der Waals surface area contributed by atoms with Gasteiger partial charge in [0.2, 0.25) is 0 Å². The summed E-state index contributed by atoms with van der Waals surface area (Å²) < 4.78 is 1.96. The molecule has 0 aliphatic rings. The van der Waals surface area contributed by atoms with Crippen LogP contribution in [0.4, 0.5) is 0 Å². The lowest BCUT2D eigenvalue weighted by molar-refractivity contribution is 0.0917. The number of nitrogens with zero attached hydrogens (tertiary/aromatic N) is 2. The summed E-state index contributed by atoms with van der Waals surface area (Å²) in [5.74, 6) is 0.194. The first kappa shape index (κ1) is 20.4. The van der Waals surface area contributed by atoms with Crippen molar-refractivity contribution in [3.05, 3.63) is 54.6 Å². The largest absolute Gasteiger partial charge is 0.327 e. The first-order valence-corrected chi connectivity index (χ1v) is 10.4. The third-order valence-electron chi connectivity index (χ3n) is 5.08. The van der Waals surface area contributed by atoms with Gasteiger partial charge in [-0.1, -0.05) is 101 Å². The van der Waals surface area contributed by atoms with Crippen LogP contribution in [0.15, 0.2) is 49.1 Å². The summed E-state index contributed by atoms with van der Waals surface area (Å²) in [4.78, 5) is 17.0. The average molecular weight is 355 g/mol. The third kappa shape index (κ3) is 7.15. The Balaban J connectivity index is 1.71. The Morgan fingerprint density at radius 1 is 0.923 bits per heavy atom. The third-order valence-corrected chi connectivity index (χ3v) is 5.08. The smallest absolute Gasteiger partial charge is 0.185 e. The summed E-state index contributed by atoms with van der Waals surface area (Å²) in [5.41, 5.74) is 0.790. The molecule has 26 heavy (non-hydrogen) atoms. The number of aromatic nitrogens is 2. The highest BCUT2D eigenvalue weighted by Gasteiger charge is 2.20. The van der Waals surface area contributed by atoms with E-state index in [9.17, 15) is 4.79 Å². The van der Waals surface area contributed by atoms with E-state index in [1.165, 1.54) is 57.8 Å². The molecule has 0 saturated carbocycles. The summed E-state index contributed by atoms with van der Waals surface area (Å²) in [6, 6.07) is 9.49. The Kier molecular flexibility index (Phi) is 9.78. The van der Waals surface area contributed by atoms with Crippen LogP contribution < -0.4 is 0 Å². The quantitative estimate of drug-likeness (QED) is 0.282. The summed E-state index contributed by atoms with van der Waals surface area (Å²) >= 11 is 0. The van der Waals surface area contributed by atoms with Crippen molar-refractivity contribution in [1.29, 1.82) is 0 Å². The number of Topliss-reactive ketones (excluding diaryl/α,β-unsaturated/α-hetero) is 1. The van der Waals surface area contributed by atoms with E-state index in [1.807, 2.05) is 41.1 Å². The van der Waals surface area contributed by atoms with Gasteiger partial charge in [-0.3, -0.25) is 4.79 Å². The van der Waals surface area contributed by atoms with Crippen LogP contribution >= 0.6 is 0 Å². The highest BCUT2D eigenvalue weighted by atomic mass is 16.1. The normalized spacial score (nSPS) is 12.2. The minimum Gasteiger partial charge on any atom is -0.327 e. The summed E-state index contributed by atoms with van der Waals surface area (Å²) in [7, 11) is 0. The van der Waals surface area contributed by atoms with Crippen molar-refractivity contribution >= 4 is 5.78 Å². The van der Waals surface area contributed by atoms with E-state index < -0.39 is 0 Å². The predicted octanol–water partition coefficient (Wildman–Crippen LogP) is 6.62. The van der Waals surface area contributed by atoms with Crippen LogP contribution in [0.3, 0.4) is 0 Å². The number of ketones is 1. The van der Waals surface area contributed by atoms with Crippen LogP contribution in [0, 0.1) is 0 Å². The lowest BCUT2D eigenvalue weighted by Gasteiger charge is -2.17. The molecule has 2 aromatic rings. The number of imidazole rings is 1. The van der Waals surface area contributed by atoms with Gasteiger partial charge in [-0.15, -0.1) is 0 Å². The van der Waals surface area contributed by atoms with E-state index >= 15 is 0 Å². The molecular weight excluding hydrogens is 320 g/mol. The number of hydrogen-bond acceptors (Lipinski definition) is 2. The van der Waals surface area contributed by atoms with Crippen molar-refractivity contribution in [3.8, 4) is 0 Å². The van der Waals surface area contributed by atoms with Gasteiger partial charge in [0, 0.05) is 18.0 Å². The second kappa shape index (κ2) is 12.5. The summed E-state index contributed by atoms with van der Waals surface area (Å²) in [5, 5.41) is 0. The van der Waals surface area contributed by atoms with Crippen molar-refractivity contribution in [1.82, 2.24) is 9.55 Å². The Hall–Kier alpha value is -1.90. The van der Waals surface area contributed by atoms with Crippen molar-refractivity contribution in [3.63, 3.8) is 0 Å². The molecule has 1 unspecified atom stereocenters. The number of hydrogen-bond donors (Lipinski definition) is 0. The number of carbonyl (C=O) groups is 1. The van der Waals surface area contributed by atoms with Crippen molar-refractivity contribution in [2.45, 2.75) is 83.6 Å². The topological polar surface area (TPSA) is 34.9 Å². The molecule has 1 heterocycles. The number of benzene rings is 1. The fourth-order valence-electron chi connectivity index (χ4n) is 3.49. The van der Waals surface area contributed by atoms with Gasteiger partial charge in [0.15, 0.2) is 5.78 Å². The predicted molar refractivity (Wildman–Crippen MR) is 108 cm³/mol. The van der Waals surface area contributed by atoms with E-state index in [0.717, 1.165) is 18.4 Å². The molecule has 0 N–H and O–H groups in total. The average Bonchev–Trinajstić information content (AvgIpc) is 3.21. The summed E-state index contributed by atoms with van der Waals surface area (Å²) in [6.45, 7) is 2.26. The zero-order chi connectivity index (χ0) is 18.5. The first-order valence-electron chi connectivity index (χ1n) is 10.4. The van der Waals surface area contributed by atoms with Crippen molar-refractivity contribution in [2.75, 3.05) is 0 Å². The Bertz CT molecular complexity index is 592. The zero-order valence-electron chi connectivity index (χ0n) is 16.3. The first-order chi connectivity index (χ1) is 12.8. The van der Waals surface area contributed by atoms with E-state index in [4.69, 9.17) is 0 Å². The Labute approximate surface area is 158 Å². The fourth-order valence-corrected chi connectivity index (χ4v) is 3.49. The maximum Gasteiger partial charge on any atom is 0.185 e. The van der Waals surface area contributed by atoms with Gasteiger partial charge in [-0.05, 0) is 6.42 Å². The number of carbonyl (C=O) groups excluding carboxylic acids is 1.